The monoisotopic (exact) mass is 379 g/mol. The van der Waals surface area contributed by atoms with E-state index in [1.54, 1.807) is 30.5 Å². The number of halogens is 1. The molecule has 4 nitrogen and oxygen atoms in total. The van der Waals surface area contributed by atoms with Gasteiger partial charge in [0.05, 0.1) is 0 Å². The quantitative estimate of drug-likeness (QED) is 0.608. The predicted molar refractivity (Wildman–Crippen MR) is 108 cm³/mol. The zero-order chi connectivity index (χ0) is 19.1. The molecule has 1 N–H and O–H groups in total. The number of carbonyl (C=O) groups excluding carboxylic acids is 1. The summed E-state index contributed by atoms with van der Waals surface area (Å²) in [5, 5.41) is 12.6. The number of hydrogen-bond donors (Lipinski definition) is 1. The molecule has 0 atom stereocenters. The fourth-order valence-electron chi connectivity index (χ4n) is 3.32. The number of piperidine rings is 1. The average Bonchev–Trinajstić information content (AvgIpc) is 2.68. The molecule has 0 spiro atoms. The molecule has 0 aliphatic carbocycles. The van der Waals surface area contributed by atoms with Crippen LogP contribution in [-0.4, -0.2) is 23.9 Å². The van der Waals surface area contributed by atoms with Gasteiger partial charge < -0.3 is 10.2 Å². The molecule has 3 rings (SSSR count). The Morgan fingerprint density at radius 1 is 1.19 bits per heavy atom. The summed E-state index contributed by atoms with van der Waals surface area (Å²) in [4.78, 5) is 14.4. The smallest absolute Gasteiger partial charge is 0.267 e. The Bertz CT molecular complexity index is 849. The van der Waals surface area contributed by atoms with Gasteiger partial charge in [-0.3, -0.25) is 4.79 Å². The number of likely N-dealkylation sites (tertiary alicyclic amines) is 1. The van der Waals surface area contributed by atoms with Crippen molar-refractivity contribution in [2.24, 2.45) is 5.92 Å². The van der Waals surface area contributed by atoms with Crippen molar-refractivity contribution in [3.8, 4) is 6.07 Å². The van der Waals surface area contributed by atoms with E-state index in [0.717, 1.165) is 32.4 Å². The fraction of sp³-hybridized carbons (Fsp3) is 0.273. The van der Waals surface area contributed by atoms with E-state index in [4.69, 9.17) is 11.6 Å². The zero-order valence-corrected chi connectivity index (χ0v) is 15.8. The molecule has 5 heteroatoms. The van der Waals surface area contributed by atoms with Crippen LogP contribution >= 0.6 is 11.6 Å². The molecule has 1 aliphatic rings. The van der Waals surface area contributed by atoms with E-state index in [1.165, 1.54) is 5.56 Å². The first-order valence-corrected chi connectivity index (χ1v) is 9.48. The molecule has 0 radical (unpaired) electrons. The molecule has 2 aromatic carbocycles. The van der Waals surface area contributed by atoms with Gasteiger partial charge in [0, 0.05) is 30.0 Å². The molecule has 138 valence electrons. The van der Waals surface area contributed by atoms with Crippen molar-refractivity contribution in [3.05, 3.63) is 77.0 Å². The summed E-state index contributed by atoms with van der Waals surface area (Å²) in [6.07, 6.45) is 4.87. The van der Waals surface area contributed by atoms with Crippen LogP contribution in [-0.2, 0) is 11.2 Å². The Labute approximate surface area is 165 Å². The Kier molecular flexibility index (Phi) is 6.51. The maximum atomic E-state index is 12.4. The summed E-state index contributed by atoms with van der Waals surface area (Å²) >= 11 is 5.93. The van der Waals surface area contributed by atoms with Gasteiger partial charge in [0.1, 0.15) is 11.6 Å². The number of nitrogens with zero attached hydrogens (tertiary/aromatic N) is 2. The molecule has 1 saturated heterocycles. The van der Waals surface area contributed by atoms with Crippen molar-refractivity contribution in [2.75, 3.05) is 18.4 Å². The van der Waals surface area contributed by atoms with Crippen LogP contribution in [0.3, 0.4) is 0 Å². The van der Waals surface area contributed by atoms with E-state index in [1.807, 2.05) is 12.1 Å². The van der Waals surface area contributed by atoms with E-state index in [2.05, 4.69) is 34.5 Å². The zero-order valence-electron chi connectivity index (χ0n) is 15.1. The van der Waals surface area contributed by atoms with Crippen molar-refractivity contribution in [3.63, 3.8) is 0 Å². The van der Waals surface area contributed by atoms with Crippen molar-refractivity contribution in [2.45, 2.75) is 19.3 Å². The molecule has 1 amide bonds. The summed E-state index contributed by atoms with van der Waals surface area (Å²) in [5.41, 5.74) is 2.05. The molecule has 0 bridgehead atoms. The lowest BCUT2D eigenvalue weighted by atomic mass is 9.90. The summed E-state index contributed by atoms with van der Waals surface area (Å²) in [5.74, 6) is 0.231. The first-order chi connectivity index (χ1) is 13.1. The molecule has 1 fully saturated rings. The van der Waals surface area contributed by atoms with E-state index in [-0.39, 0.29) is 5.57 Å². The van der Waals surface area contributed by atoms with Gasteiger partial charge in [-0.15, -0.1) is 0 Å². The highest BCUT2D eigenvalue weighted by Crippen LogP contribution is 2.22. The summed E-state index contributed by atoms with van der Waals surface area (Å²) in [6, 6.07) is 19.4. The molecule has 0 aromatic heterocycles. The van der Waals surface area contributed by atoms with Crippen LogP contribution in [0.5, 0.6) is 0 Å². The summed E-state index contributed by atoms with van der Waals surface area (Å²) < 4.78 is 0. The molecule has 2 aromatic rings. The number of anilines is 1. The van der Waals surface area contributed by atoms with Crippen LogP contribution in [0.15, 0.2) is 66.4 Å². The Balaban J connectivity index is 1.55. The van der Waals surface area contributed by atoms with Crippen molar-refractivity contribution >= 4 is 23.2 Å². The van der Waals surface area contributed by atoms with Crippen LogP contribution < -0.4 is 5.32 Å². The summed E-state index contributed by atoms with van der Waals surface area (Å²) in [6.45, 7) is 1.71. The molecular formula is C22H22ClN3O. The second-order valence-corrected chi connectivity index (χ2v) is 7.22. The Morgan fingerprint density at radius 3 is 2.59 bits per heavy atom. The van der Waals surface area contributed by atoms with Crippen LogP contribution in [0.25, 0.3) is 0 Å². The second-order valence-electron chi connectivity index (χ2n) is 6.79. The number of nitrogens with one attached hydrogen (secondary N) is 1. The molecular weight excluding hydrogens is 358 g/mol. The van der Waals surface area contributed by atoms with E-state index < -0.39 is 5.91 Å². The number of rotatable bonds is 5. The largest absolute Gasteiger partial charge is 0.376 e. The minimum Gasteiger partial charge on any atom is -0.376 e. The van der Waals surface area contributed by atoms with Gasteiger partial charge in [-0.05, 0) is 48.9 Å². The minimum absolute atomic E-state index is 0.108. The van der Waals surface area contributed by atoms with Crippen molar-refractivity contribution < 1.29 is 4.79 Å². The lowest BCUT2D eigenvalue weighted by Gasteiger charge is -2.31. The highest BCUT2D eigenvalue weighted by Gasteiger charge is 2.19. The third kappa shape index (κ3) is 5.60. The molecule has 1 heterocycles. The maximum absolute atomic E-state index is 12.4. The predicted octanol–water partition coefficient (Wildman–Crippen LogP) is 4.64. The van der Waals surface area contributed by atoms with E-state index in [0.29, 0.717) is 16.6 Å². The minimum atomic E-state index is -0.411. The SMILES string of the molecule is N#CC(=CN1CCC(Cc2ccccc2)CC1)C(=O)Nc1cccc(Cl)c1. The number of nitriles is 1. The highest BCUT2D eigenvalue weighted by atomic mass is 35.5. The third-order valence-electron chi connectivity index (χ3n) is 4.78. The van der Waals surface area contributed by atoms with Crippen LogP contribution in [0.1, 0.15) is 18.4 Å². The first kappa shape index (κ1) is 19.0. The standard InChI is InChI=1S/C22H22ClN3O/c23-20-7-4-8-21(14-20)25-22(27)19(15-24)16-26-11-9-18(10-12-26)13-17-5-2-1-3-6-17/h1-8,14,16,18H,9-13H2,(H,25,27). The first-order valence-electron chi connectivity index (χ1n) is 9.11. The normalized spacial score (nSPS) is 15.3. The molecule has 0 unspecified atom stereocenters. The van der Waals surface area contributed by atoms with Crippen molar-refractivity contribution in [1.82, 2.24) is 4.90 Å². The highest BCUT2D eigenvalue weighted by molar-refractivity contribution is 6.31. The molecule has 0 saturated carbocycles. The third-order valence-corrected chi connectivity index (χ3v) is 5.01. The maximum Gasteiger partial charge on any atom is 0.267 e. The Hall–Kier alpha value is -2.77. The lowest BCUT2D eigenvalue weighted by Crippen LogP contribution is -2.31. The molecule has 27 heavy (non-hydrogen) atoms. The van der Waals surface area contributed by atoms with Crippen molar-refractivity contribution in [1.29, 1.82) is 5.26 Å². The molecule has 1 aliphatic heterocycles. The van der Waals surface area contributed by atoms with Crippen LogP contribution in [0, 0.1) is 17.2 Å². The van der Waals surface area contributed by atoms with E-state index >= 15 is 0 Å². The van der Waals surface area contributed by atoms with E-state index in [9.17, 15) is 10.1 Å². The average molecular weight is 380 g/mol. The van der Waals surface area contributed by atoms with Gasteiger partial charge in [0.15, 0.2) is 0 Å². The number of carbonyl (C=O) groups is 1. The summed E-state index contributed by atoms with van der Waals surface area (Å²) in [7, 11) is 0. The van der Waals surface area contributed by atoms with Crippen LogP contribution in [0.2, 0.25) is 5.02 Å². The number of hydrogen-bond acceptors (Lipinski definition) is 3. The van der Waals surface area contributed by atoms with Gasteiger partial charge in [0.2, 0.25) is 0 Å². The number of amides is 1. The van der Waals surface area contributed by atoms with Gasteiger partial charge in [-0.25, -0.2) is 0 Å². The van der Waals surface area contributed by atoms with Crippen LogP contribution in [0.4, 0.5) is 5.69 Å². The number of benzene rings is 2. The fourth-order valence-corrected chi connectivity index (χ4v) is 3.51. The van der Waals surface area contributed by atoms with Gasteiger partial charge >= 0.3 is 0 Å². The Morgan fingerprint density at radius 2 is 1.93 bits per heavy atom. The van der Waals surface area contributed by atoms with Gasteiger partial charge in [0.25, 0.3) is 5.91 Å². The van der Waals surface area contributed by atoms with Gasteiger partial charge in [-0.2, -0.15) is 5.26 Å². The second kappa shape index (κ2) is 9.25. The van der Waals surface area contributed by atoms with Gasteiger partial charge in [-0.1, -0.05) is 48.0 Å². The lowest BCUT2D eigenvalue weighted by molar-refractivity contribution is -0.112. The topological polar surface area (TPSA) is 56.1 Å².